The number of aromatic nitrogens is 4. The second-order valence-corrected chi connectivity index (χ2v) is 9.67. The highest BCUT2D eigenvalue weighted by molar-refractivity contribution is 5.99. The second kappa shape index (κ2) is 10.2. The Morgan fingerprint density at radius 1 is 1.16 bits per heavy atom. The van der Waals surface area contributed by atoms with Gasteiger partial charge in [-0.25, -0.2) is 0 Å². The Balaban J connectivity index is 1.47. The Kier molecular flexibility index (Phi) is 6.79. The highest BCUT2D eigenvalue weighted by Gasteiger charge is 2.37. The van der Waals surface area contributed by atoms with E-state index in [-0.39, 0.29) is 28.9 Å². The zero-order valence-electron chi connectivity index (χ0n) is 21.0. The molecule has 0 radical (unpaired) electrons. The van der Waals surface area contributed by atoms with Crippen LogP contribution in [-0.4, -0.2) is 52.6 Å². The molecule has 0 spiro atoms. The van der Waals surface area contributed by atoms with Crippen LogP contribution >= 0.6 is 0 Å². The summed E-state index contributed by atoms with van der Waals surface area (Å²) in [6, 6.07) is 7.20. The smallest absolute Gasteiger partial charge is 0.271 e. The van der Waals surface area contributed by atoms with Crippen molar-refractivity contribution in [3.8, 4) is 16.9 Å². The number of carbonyl (C=O) groups excluding carboxylic acids is 2. The number of nitrogens with two attached hydrogens (primary N) is 1. The zero-order chi connectivity index (χ0) is 26.0. The molecule has 3 aromatic rings. The lowest BCUT2D eigenvalue weighted by molar-refractivity contribution is -0.117. The molecule has 2 heterocycles. The third-order valence-corrected chi connectivity index (χ3v) is 7.04. The van der Waals surface area contributed by atoms with Gasteiger partial charge in [0, 0.05) is 36.4 Å². The zero-order valence-corrected chi connectivity index (χ0v) is 21.0. The van der Waals surface area contributed by atoms with Gasteiger partial charge < -0.3 is 25.8 Å². The van der Waals surface area contributed by atoms with Crippen LogP contribution in [0.4, 0.5) is 17.2 Å². The predicted octanol–water partition coefficient (Wildman–Crippen LogP) is 3.46. The van der Waals surface area contributed by atoms with Crippen LogP contribution in [-0.2, 0) is 15.1 Å². The van der Waals surface area contributed by atoms with E-state index in [1.165, 1.54) is 0 Å². The van der Waals surface area contributed by atoms with Gasteiger partial charge in [-0.15, -0.1) is 10.2 Å². The number of hydrogen-bond donors (Lipinski definition) is 3. The lowest BCUT2D eigenvalue weighted by atomic mass is 9.99. The van der Waals surface area contributed by atoms with Gasteiger partial charge in [0.1, 0.15) is 5.75 Å². The topological polar surface area (TPSA) is 146 Å². The standard InChI is InChI=1S/C26H31N7O4/c1-36-15-26(10-3-4-11-26)33-14-17(13-28-33)18-6-5-7-19(23(18)37-2)29-20-12-21(30-25(35)16-8-9-16)31-32-22(20)24(27)34/h5-7,12-14,16H,3-4,8-11,15H2,1-2H3,(H2,27,34)(H2,29,30,31,35). The van der Waals surface area contributed by atoms with E-state index in [1.807, 2.05) is 35.3 Å². The SMILES string of the molecule is COCC1(n2cc(-c3cccc(Nc4cc(NC(=O)C5CC5)nnc4C(N)=O)c3OC)cn2)CCCC1. The number of para-hydroxylation sites is 1. The fourth-order valence-corrected chi connectivity index (χ4v) is 4.99. The van der Waals surface area contributed by atoms with Crippen LogP contribution in [0.15, 0.2) is 36.7 Å². The average molecular weight is 506 g/mol. The summed E-state index contributed by atoms with van der Waals surface area (Å²) in [5.74, 6) is -0.0616. The molecule has 0 atom stereocenters. The Hall–Kier alpha value is -3.99. The van der Waals surface area contributed by atoms with E-state index >= 15 is 0 Å². The minimum atomic E-state index is -0.744. The van der Waals surface area contributed by atoms with E-state index in [2.05, 4.69) is 20.8 Å². The summed E-state index contributed by atoms with van der Waals surface area (Å²) < 4.78 is 13.4. The van der Waals surface area contributed by atoms with Gasteiger partial charge in [0.15, 0.2) is 11.5 Å². The fourth-order valence-electron chi connectivity index (χ4n) is 4.99. The summed E-state index contributed by atoms with van der Waals surface area (Å²) in [7, 11) is 3.30. The van der Waals surface area contributed by atoms with Gasteiger partial charge in [-0.2, -0.15) is 5.10 Å². The van der Waals surface area contributed by atoms with Gasteiger partial charge in [0.2, 0.25) is 5.91 Å². The molecular weight excluding hydrogens is 474 g/mol. The van der Waals surface area contributed by atoms with Gasteiger partial charge in [-0.05, 0) is 31.7 Å². The van der Waals surface area contributed by atoms with Crippen molar-refractivity contribution in [3.63, 3.8) is 0 Å². The summed E-state index contributed by atoms with van der Waals surface area (Å²) in [5, 5.41) is 18.5. The van der Waals surface area contributed by atoms with Crippen molar-refractivity contribution >= 4 is 29.0 Å². The average Bonchev–Trinajstić information content (AvgIpc) is 3.43. The molecule has 2 aliphatic carbocycles. The number of benzene rings is 1. The molecule has 0 saturated heterocycles. The van der Waals surface area contributed by atoms with E-state index in [0.29, 0.717) is 23.7 Å². The molecule has 2 aliphatic rings. The second-order valence-electron chi connectivity index (χ2n) is 9.67. The van der Waals surface area contributed by atoms with Crippen molar-refractivity contribution in [1.82, 2.24) is 20.0 Å². The van der Waals surface area contributed by atoms with Crippen LogP contribution in [0.3, 0.4) is 0 Å². The van der Waals surface area contributed by atoms with Crippen LogP contribution in [0.2, 0.25) is 0 Å². The molecular formula is C26H31N7O4. The summed E-state index contributed by atoms with van der Waals surface area (Å²) in [4.78, 5) is 24.3. The van der Waals surface area contributed by atoms with Crippen LogP contribution in [0.5, 0.6) is 5.75 Å². The lowest BCUT2D eigenvalue weighted by Gasteiger charge is -2.28. The third kappa shape index (κ3) is 4.99. The van der Waals surface area contributed by atoms with Crippen LogP contribution in [0, 0.1) is 5.92 Å². The molecule has 11 heteroatoms. The number of rotatable bonds is 10. The van der Waals surface area contributed by atoms with Crippen molar-refractivity contribution < 1.29 is 19.1 Å². The molecule has 0 bridgehead atoms. The summed E-state index contributed by atoms with van der Waals surface area (Å²) in [6.07, 6.45) is 9.90. The number of anilines is 3. The number of primary amides is 1. The number of ether oxygens (including phenoxy) is 2. The first-order chi connectivity index (χ1) is 17.9. The highest BCUT2D eigenvalue weighted by atomic mass is 16.5. The van der Waals surface area contributed by atoms with E-state index in [0.717, 1.165) is 49.7 Å². The normalized spacial score (nSPS) is 16.4. The maximum absolute atomic E-state index is 12.2. The van der Waals surface area contributed by atoms with Crippen molar-refractivity contribution in [3.05, 3.63) is 42.4 Å². The van der Waals surface area contributed by atoms with Gasteiger partial charge in [-0.1, -0.05) is 25.0 Å². The molecule has 1 aromatic carbocycles. The summed E-state index contributed by atoms with van der Waals surface area (Å²) >= 11 is 0. The first-order valence-corrected chi connectivity index (χ1v) is 12.4. The largest absolute Gasteiger partial charge is 0.494 e. The van der Waals surface area contributed by atoms with Crippen LogP contribution in [0.1, 0.15) is 49.0 Å². The molecule has 11 nitrogen and oxygen atoms in total. The molecule has 5 rings (SSSR count). The highest BCUT2D eigenvalue weighted by Crippen LogP contribution is 2.41. The van der Waals surface area contributed by atoms with Crippen molar-refractivity contribution in [1.29, 1.82) is 0 Å². The molecule has 2 amide bonds. The maximum atomic E-state index is 12.2. The summed E-state index contributed by atoms with van der Waals surface area (Å²) in [5.41, 5.74) is 7.98. The Bertz CT molecular complexity index is 1310. The van der Waals surface area contributed by atoms with E-state index in [9.17, 15) is 9.59 Å². The number of amides is 2. The Morgan fingerprint density at radius 3 is 2.62 bits per heavy atom. The lowest BCUT2D eigenvalue weighted by Crippen LogP contribution is -2.35. The molecule has 2 aromatic heterocycles. The van der Waals surface area contributed by atoms with Crippen molar-refractivity contribution in [2.24, 2.45) is 11.7 Å². The summed E-state index contributed by atoms with van der Waals surface area (Å²) in [6.45, 7) is 0.609. The molecule has 4 N–H and O–H groups in total. The van der Waals surface area contributed by atoms with Crippen LogP contribution < -0.4 is 21.1 Å². The maximum Gasteiger partial charge on any atom is 0.271 e. The van der Waals surface area contributed by atoms with Crippen LogP contribution in [0.25, 0.3) is 11.1 Å². The first-order valence-electron chi connectivity index (χ1n) is 12.4. The van der Waals surface area contributed by atoms with Gasteiger partial charge >= 0.3 is 0 Å². The van der Waals surface area contributed by atoms with Gasteiger partial charge in [0.25, 0.3) is 5.91 Å². The van der Waals surface area contributed by atoms with E-state index < -0.39 is 5.91 Å². The molecule has 2 saturated carbocycles. The molecule has 37 heavy (non-hydrogen) atoms. The van der Waals surface area contributed by atoms with Gasteiger partial charge in [-0.3, -0.25) is 14.3 Å². The molecule has 2 fully saturated rings. The predicted molar refractivity (Wildman–Crippen MR) is 138 cm³/mol. The number of hydrogen-bond acceptors (Lipinski definition) is 8. The molecule has 0 aliphatic heterocycles. The third-order valence-electron chi connectivity index (χ3n) is 7.04. The van der Waals surface area contributed by atoms with Crippen molar-refractivity contribution in [2.75, 3.05) is 31.5 Å². The van der Waals surface area contributed by atoms with Crippen molar-refractivity contribution in [2.45, 2.75) is 44.1 Å². The van der Waals surface area contributed by atoms with Gasteiger partial charge in [0.05, 0.1) is 36.8 Å². The molecule has 194 valence electrons. The fraction of sp³-hybridized carbons (Fsp3) is 0.423. The quantitative estimate of drug-likeness (QED) is 0.380. The Labute approximate surface area is 214 Å². The van der Waals surface area contributed by atoms with E-state index in [1.54, 1.807) is 20.3 Å². The Morgan fingerprint density at radius 2 is 1.95 bits per heavy atom. The van der Waals surface area contributed by atoms with E-state index in [4.69, 9.17) is 20.3 Å². The number of methoxy groups -OCH3 is 2. The number of nitrogens with one attached hydrogen (secondary N) is 2. The monoisotopic (exact) mass is 505 g/mol. The minimum absolute atomic E-state index is 0.000946. The number of carbonyl (C=O) groups is 2. The minimum Gasteiger partial charge on any atom is -0.494 e. The molecule has 0 unspecified atom stereocenters. The number of nitrogens with zero attached hydrogens (tertiary/aromatic N) is 4. The first kappa shape index (κ1) is 24.7.